The van der Waals surface area contributed by atoms with Crippen molar-refractivity contribution in [3.05, 3.63) is 47.8 Å². The van der Waals surface area contributed by atoms with E-state index in [0.29, 0.717) is 30.8 Å². The van der Waals surface area contributed by atoms with Crippen LogP contribution in [0.15, 0.2) is 36.4 Å². The normalized spacial score (nSPS) is 14.9. The zero-order chi connectivity index (χ0) is 32.3. The molecule has 1 aromatic carbocycles. The van der Waals surface area contributed by atoms with Crippen molar-refractivity contribution in [1.82, 2.24) is 25.1 Å². The number of ether oxygens (including phenoxy) is 2. The Labute approximate surface area is 259 Å². The highest BCUT2D eigenvalue weighted by atomic mass is 16.6. The summed E-state index contributed by atoms with van der Waals surface area (Å²) >= 11 is 0. The van der Waals surface area contributed by atoms with Crippen LogP contribution < -0.4 is 5.32 Å². The van der Waals surface area contributed by atoms with Crippen LogP contribution in [0, 0.1) is 0 Å². The second-order valence-corrected chi connectivity index (χ2v) is 11.7. The summed E-state index contributed by atoms with van der Waals surface area (Å²) in [5.41, 5.74) is 0.682. The Balaban J connectivity index is 1.83. The van der Waals surface area contributed by atoms with Crippen LogP contribution in [0.2, 0.25) is 0 Å². The number of aliphatic hydroxyl groups is 1. The van der Waals surface area contributed by atoms with Gasteiger partial charge in [-0.1, -0.05) is 37.3 Å². The summed E-state index contributed by atoms with van der Waals surface area (Å²) in [6.07, 6.45) is 0.497. The van der Waals surface area contributed by atoms with Crippen LogP contribution in [0.5, 0.6) is 0 Å². The number of hydrogen-bond acceptors (Lipinski definition) is 9. The maximum Gasteiger partial charge on any atom is 0.409 e. The van der Waals surface area contributed by atoms with Crippen LogP contribution in [0.3, 0.4) is 0 Å². The minimum absolute atomic E-state index is 0.0176. The number of nitrogens with zero attached hydrogens (tertiary/aromatic N) is 4. The molecule has 1 aromatic heterocycles. The quantitative estimate of drug-likeness (QED) is 0.344. The van der Waals surface area contributed by atoms with E-state index in [1.165, 1.54) is 4.90 Å². The van der Waals surface area contributed by atoms with Gasteiger partial charge in [0.15, 0.2) is 5.82 Å². The fraction of sp³-hybridized carbons (Fsp3) is 0.562. The highest BCUT2D eigenvalue weighted by molar-refractivity contribution is 5.96. The summed E-state index contributed by atoms with van der Waals surface area (Å²) in [7, 11) is 0. The number of rotatable bonds is 12. The monoisotopic (exact) mass is 611 g/mol. The molecule has 0 aliphatic carbocycles. The van der Waals surface area contributed by atoms with Gasteiger partial charge < -0.3 is 29.7 Å². The topological polar surface area (TPSA) is 151 Å². The molecule has 240 valence electrons. The number of esters is 1. The first-order chi connectivity index (χ1) is 20.9. The summed E-state index contributed by atoms with van der Waals surface area (Å²) in [6, 6.07) is 9.77. The molecule has 0 bridgehead atoms. The maximum absolute atomic E-state index is 13.7. The molecule has 12 nitrogen and oxygen atoms in total. The Hall–Kier alpha value is -4.06. The van der Waals surface area contributed by atoms with E-state index in [0.717, 1.165) is 5.56 Å². The summed E-state index contributed by atoms with van der Waals surface area (Å²) < 4.78 is 10.5. The lowest BCUT2D eigenvalue weighted by Gasteiger charge is -2.36. The molecule has 44 heavy (non-hydrogen) atoms. The highest BCUT2D eigenvalue weighted by Crippen LogP contribution is 2.18. The molecular weight excluding hydrogens is 566 g/mol. The zero-order valence-electron chi connectivity index (χ0n) is 26.4. The van der Waals surface area contributed by atoms with Gasteiger partial charge in [0, 0.05) is 43.9 Å². The van der Waals surface area contributed by atoms with Gasteiger partial charge in [0.25, 0.3) is 5.91 Å². The molecule has 0 radical (unpaired) electrons. The first-order valence-electron chi connectivity index (χ1n) is 15.2. The summed E-state index contributed by atoms with van der Waals surface area (Å²) in [5, 5.41) is 12.9. The maximum atomic E-state index is 13.7. The van der Waals surface area contributed by atoms with Crippen LogP contribution in [-0.2, 0) is 25.5 Å². The van der Waals surface area contributed by atoms with E-state index >= 15 is 0 Å². The molecule has 0 spiro atoms. The molecule has 12 heteroatoms. The number of nitrogens with one attached hydrogen (secondary N) is 1. The second-order valence-electron chi connectivity index (χ2n) is 11.7. The van der Waals surface area contributed by atoms with Crippen molar-refractivity contribution in [2.45, 2.75) is 84.5 Å². The average Bonchev–Trinajstić information content (AvgIpc) is 3.01. The Morgan fingerprint density at radius 2 is 1.64 bits per heavy atom. The van der Waals surface area contributed by atoms with Gasteiger partial charge in [0.05, 0.1) is 12.7 Å². The van der Waals surface area contributed by atoms with Crippen LogP contribution in [0.25, 0.3) is 11.4 Å². The van der Waals surface area contributed by atoms with Crippen molar-refractivity contribution in [2.24, 2.45) is 0 Å². The molecule has 2 heterocycles. The van der Waals surface area contributed by atoms with Gasteiger partial charge in [-0.25, -0.2) is 14.8 Å². The first kappa shape index (κ1) is 34.4. The lowest BCUT2D eigenvalue weighted by atomic mass is 10.1. The molecule has 1 unspecified atom stereocenters. The first-order valence-corrected chi connectivity index (χ1v) is 15.2. The predicted octanol–water partition coefficient (Wildman–Crippen LogP) is 3.37. The van der Waals surface area contributed by atoms with Crippen LogP contribution >= 0.6 is 0 Å². The van der Waals surface area contributed by atoms with Gasteiger partial charge in [-0.15, -0.1) is 0 Å². The van der Waals surface area contributed by atoms with Gasteiger partial charge in [-0.05, 0) is 59.4 Å². The number of aliphatic hydroxyl groups excluding tert-OH is 1. The van der Waals surface area contributed by atoms with Crippen molar-refractivity contribution >= 4 is 23.9 Å². The SMILES string of the molecule is CCOC(=O)N1CCN(C(=O)C(CCC(=O)OC(C)(C)C)NC(=O)c2cc(CC[C@@H](O)CC)nc(-c3ccccc3)n2)CC1. The third kappa shape index (κ3) is 10.6. The van der Waals surface area contributed by atoms with Gasteiger partial charge in [0.2, 0.25) is 5.91 Å². The number of piperazine rings is 1. The number of carbonyl (C=O) groups is 4. The Kier molecular flexibility index (Phi) is 12.6. The molecule has 2 aromatic rings. The van der Waals surface area contributed by atoms with Crippen molar-refractivity contribution < 1.29 is 33.8 Å². The molecule has 2 N–H and O–H groups in total. The van der Waals surface area contributed by atoms with Gasteiger partial charge in [-0.2, -0.15) is 0 Å². The highest BCUT2D eigenvalue weighted by Gasteiger charge is 2.32. The van der Waals surface area contributed by atoms with E-state index in [1.807, 2.05) is 37.3 Å². The van der Waals surface area contributed by atoms with E-state index in [1.54, 1.807) is 38.7 Å². The van der Waals surface area contributed by atoms with E-state index in [-0.39, 0.29) is 57.2 Å². The second kappa shape index (κ2) is 16.1. The van der Waals surface area contributed by atoms with Gasteiger partial charge >= 0.3 is 12.1 Å². The molecule has 1 aliphatic heterocycles. The number of hydrogen-bond donors (Lipinski definition) is 2. The average molecular weight is 612 g/mol. The minimum Gasteiger partial charge on any atom is -0.460 e. The molecular formula is C32H45N5O7. The van der Waals surface area contributed by atoms with Gasteiger partial charge in [0.1, 0.15) is 17.3 Å². The number of amides is 3. The number of benzene rings is 1. The number of aryl methyl sites for hydroxylation is 1. The Morgan fingerprint density at radius 3 is 2.25 bits per heavy atom. The van der Waals surface area contributed by atoms with E-state index < -0.39 is 35.7 Å². The largest absolute Gasteiger partial charge is 0.460 e. The summed E-state index contributed by atoms with van der Waals surface area (Å²) in [5.74, 6) is -1.09. The third-order valence-corrected chi connectivity index (χ3v) is 7.03. The summed E-state index contributed by atoms with van der Waals surface area (Å²) in [4.78, 5) is 64.2. The number of carbonyl (C=O) groups excluding carboxylic acids is 4. The third-order valence-electron chi connectivity index (χ3n) is 7.03. The fourth-order valence-corrected chi connectivity index (χ4v) is 4.67. The Bertz CT molecular complexity index is 1270. The predicted molar refractivity (Wildman–Crippen MR) is 164 cm³/mol. The molecule has 0 saturated carbocycles. The van der Waals surface area contributed by atoms with E-state index in [2.05, 4.69) is 15.3 Å². The lowest BCUT2D eigenvalue weighted by molar-refractivity contribution is -0.155. The standard InChI is InChI=1S/C32H45N5O7/c1-6-24(38)14-13-23-21-26(34-28(33-23)22-11-9-8-10-12-22)29(40)35-25(15-16-27(39)44-32(3,4)5)30(41)36-17-19-37(20-18-36)31(42)43-7-2/h8-12,21,24-25,38H,6-7,13-20H2,1-5H3,(H,35,40)/t24-,25?/m0/s1. The van der Waals surface area contributed by atoms with Crippen molar-refractivity contribution in [3.63, 3.8) is 0 Å². The van der Waals surface area contributed by atoms with Crippen LogP contribution in [0.1, 0.15) is 76.5 Å². The Morgan fingerprint density at radius 1 is 0.977 bits per heavy atom. The smallest absolute Gasteiger partial charge is 0.409 e. The van der Waals surface area contributed by atoms with Crippen molar-refractivity contribution in [2.75, 3.05) is 32.8 Å². The van der Waals surface area contributed by atoms with Crippen LogP contribution in [0.4, 0.5) is 4.79 Å². The van der Waals surface area contributed by atoms with E-state index in [4.69, 9.17) is 9.47 Å². The van der Waals surface area contributed by atoms with Crippen LogP contribution in [-0.4, -0.2) is 99.3 Å². The molecule has 1 fully saturated rings. The van der Waals surface area contributed by atoms with Gasteiger partial charge in [-0.3, -0.25) is 14.4 Å². The molecule has 1 aliphatic rings. The minimum atomic E-state index is -1.04. The zero-order valence-corrected chi connectivity index (χ0v) is 26.4. The molecule has 3 amide bonds. The summed E-state index contributed by atoms with van der Waals surface area (Å²) in [6.45, 7) is 10.2. The number of aromatic nitrogens is 2. The molecule has 3 rings (SSSR count). The van der Waals surface area contributed by atoms with Crippen molar-refractivity contribution in [1.29, 1.82) is 0 Å². The lowest BCUT2D eigenvalue weighted by Crippen LogP contribution is -2.56. The fourth-order valence-electron chi connectivity index (χ4n) is 4.67. The van der Waals surface area contributed by atoms with Crippen molar-refractivity contribution in [3.8, 4) is 11.4 Å². The molecule has 1 saturated heterocycles. The van der Waals surface area contributed by atoms with E-state index in [9.17, 15) is 24.3 Å². The molecule has 2 atom stereocenters.